The summed E-state index contributed by atoms with van der Waals surface area (Å²) >= 11 is 0. The van der Waals surface area contributed by atoms with E-state index in [9.17, 15) is 8.42 Å². The molecule has 4 aliphatic rings. The number of sulfonamides is 1. The van der Waals surface area contributed by atoms with Crippen molar-refractivity contribution in [1.29, 1.82) is 0 Å². The fourth-order valence-electron chi connectivity index (χ4n) is 4.37. The SMILES string of the molecule is O=S(=O)(CC1Cc2ccccc2C1)NCCC12CC(CO1)C2. The van der Waals surface area contributed by atoms with Crippen LogP contribution in [-0.2, 0) is 27.6 Å². The van der Waals surface area contributed by atoms with Crippen molar-refractivity contribution in [3.8, 4) is 0 Å². The topological polar surface area (TPSA) is 55.4 Å². The van der Waals surface area contributed by atoms with Crippen LogP contribution in [0.3, 0.4) is 0 Å². The van der Waals surface area contributed by atoms with Crippen LogP contribution in [0.5, 0.6) is 0 Å². The molecule has 1 aromatic carbocycles. The average Bonchev–Trinajstić information content (AvgIpc) is 3.09. The second-order valence-corrected chi connectivity index (χ2v) is 9.09. The van der Waals surface area contributed by atoms with Crippen LogP contribution < -0.4 is 4.72 Å². The highest BCUT2D eigenvalue weighted by Crippen LogP contribution is 2.50. The fourth-order valence-corrected chi connectivity index (χ4v) is 5.76. The molecule has 2 saturated heterocycles. The Balaban J connectivity index is 1.27. The van der Waals surface area contributed by atoms with Gasteiger partial charge in [0.15, 0.2) is 0 Å². The van der Waals surface area contributed by atoms with Gasteiger partial charge in [-0.15, -0.1) is 0 Å². The molecule has 2 aliphatic heterocycles. The Morgan fingerprint density at radius 3 is 2.45 bits per heavy atom. The molecule has 0 atom stereocenters. The first kappa shape index (κ1) is 14.7. The van der Waals surface area contributed by atoms with E-state index in [0.717, 1.165) is 44.6 Å². The number of benzene rings is 1. The minimum atomic E-state index is -3.19. The number of rotatable bonds is 6. The Morgan fingerprint density at radius 2 is 1.86 bits per heavy atom. The maximum atomic E-state index is 12.3. The van der Waals surface area contributed by atoms with Gasteiger partial charge in [-0.3, -0.25) is 0 Å². The number of hydrogen-bond acceptors (Lipinski definition) is 3. The zero-order valence-corrected chi connectivity index (χ0v) is 13.6. The molecule has 120 valence electrons. The zero-order valence-electron chi connectivity index (χ0n) is 12.8. The summed E-state index contributed by atoms with van der Waals surface area (Å²) in [6.45, 7) is 1.38. The fraction of sp³-hybridized carbons (Fsp3) is 0.647. The molecule has 0 radical (unpaired) electrons. The summed E-state index contributed by atoms with van der Waals surface area (Å²) in [6, 6.07) is 8.28. The molecule has 2 aliphatic carbocycles. The van der Waals surface area contributed by atoms with Crippen LogP contribution in [-0.4, -0.2) is 32.9 Å². The van der Waals surface area contributed by atoms with E-state index in [0.29, 0.717) is 6.54 Å². The Kier molecular flexibility index (Phi) is 3.55. The lowest BCUT2D eigenvalue weighted by molar-refractivity contribution is -0.00427. The molecule has 0 unspecified atom stereocenters. The quantitative estimate of drug-likeness (QED) is 0.870. The highest BCUT2D eigenvalue weighted by molar-refractivity contribution is 7.89. The largest absolute Gasteiger partial charge is 0.375 e. The molecule has 5 rings (SSSR count). The summed E-state index contributed by atoms with van der Waals surface area (Å²) in [5, 5.41) is 0. The second kappa shape index (κ2) is 5.32. The standard InChI is InChI=1S/C17H23NO3S/c19-22(20,18-6-5-17-9-14(10-17)11-21-17)12-13-7-15-3-1-2-4-16(15)8-13/h1-4,13-14,18H,5-12H2. The molecule has 1 saturated carbocycles. The lowest BCUT2D eigenvalue weighted by Gasteiger charge is -2.35. The Labute approximate surface area is 132 Å². The van der Waals surface area contributed by atoms with Gasteiger partial charge in [-0.25, -0.2) is 13.1 Å². The lowest BCUT2D eigenvalue weighted by Crippen LogP contribution is -2.41. The van der Waals surface area contributed by atoms with Crippen molar-refractivity contribution < 1.29 is 13.2 Å². The third kappa shape index (κ3) is 2.82. The predicted molar refractivity (Wildman–Crippen MR) is 85.2 cm³/mol. The molecule has 4 nitrogen and oxygen atoms in total. The third-order valence-corrected chi connectivity index (χ3v) is 6.99. The van der Waals surface area contributed by atoms with Crippen molar-refractivity contribution in [3.05, 3.63) is 35.4 Å². The van der Waals surface area contributed by atoms with Gasteiger partial charge in [-0.1, -0.05) is 24.3 Å². The highest BCUT2D eigenvalue weighted by Gasteiger charge is 2.51. The van der Waals surface area contributed by atoms with Gasteiger partial charge in [-0.2, -0.15) is 0 Å². The van der Waals surface area contributed by atoms with Crippen molar-refractivity contribution in [3.63, 3.8) is 0 Å². The Hall–Kier alpha value is -0.910. The second-order valence-electron chi connectivity index (χ2n) is 7.24. The van der Waals surface area contributed by atoms with Crippen LogP contribution in [0.4, 0.5) is 0 Å². The van der Waals surface area contributed by atoms with Gasteiger partial charge in [0.25, 0.3) is 0 Å². The monoisotopic (exact) mass is 321 g/mol. The van der Waals surface area contributed by atoms with Gasteiger partial charge in [0.2, 0.25) is 10.0 Å². The molecular weight excluding hydrogens is 298 g/mol. The van der Waals surface area contributed by atoms with Crippen LogP contribution in [0.25, 0.3) is 0 Å². The number of fused-ring (bicyclic) bond motifs is 2. The van der Waals surface area contributed by atoms with E-state index in [2.05, 4.69) is 16.9 Å². The number of ether oxygens (including phenoxy) is 1. The number of hydrogen-bond donors (Lipinski definition) is 1. The van der Waals surface area contributed by atoms with Gasteiger partial charge in [-0.05, 0) is 55.1 Å². The van der Waals surface area contributed by atoms with Crippen LogP contribution in [0.15, 0.2) is 24.3 Å². The van der Waals surface area contributed by atoms with E-state index >= 15 is 0 Å². The molecule has 0 aromatic heterocycles. The van der Waals surface area contributed by atoms with E-state index in [1.165, 1.54) is 11.1 Å². The highest BCUT2D eigenvalue weighted by atomic mass is 32.2. The summed E-state index contributed by atoms with van der Waals surface area (Å²) in [5.74, 6) is 1.18. The predicted octanol–water partition coefficient (Wildman–Crippen LogP) is 1.89. The normalized spacial score (nSPS) is 30.3. The van der Waals surface area contributed by atoms with Gasteiger partial charge in [0.1, 0.15) is 0 Å². The van der Waals surface area contributed by atoms with Crippen LogP contribution in [0.2, 0.25) is 0 Å². The van der Waals surface area contributed by atoms with Crippen molar-refractivity contribution in [2.45, 2.75) is 37.7 Å². The molecule has 22 heavy (non-hydrogen) atoms. The first-order valence-corrected chi connectivity index (χ1v) is 9.87. The first-order valence-electron chi connectivity index (χ1n) is 8.22. The summed E-state index contributed by atoms with van der Waals surface area (Å²) in [7, 11) is -3.19. The van der Waals surface area contributed by atoms with E-state index in [4.69, 9.17) is 4.74 Å². The maximum Gasteiger partial charge on any atom is 0.211 e. The van der Waals surface area contributed by atoms with Gasteiger partial charge < -0.3 is 4.74 Å². The average molecular weight is 321 g/mol. The summed E-state index contributed by atoms with van der Waals surface area (Å²) in [6.07, 6.45) is 4.81. The Bertz CT molecular complexity index is 634. The summed E-state index contributed by atoms with van der Waals surface area (Å²) < 4.78 is 33.1. The van der Waals surface area contributed by atoms with Gasteiger partial charge >= 0.3 is 0 Å². The first-order chi connectivity index (χ1) is 10.5. The smallest absolute Gasteiger partial charge is 0.211 e. The molecule has 2 bridgehead atoms. The van der Waals surface area contributed by atoms with Crippen molar-refractivity contribution in [2.24, 2.45) is 11.8 Å². The van der Waals surface area contributed by atoms with Crippen molar-refractivity contribution in [1.82, 2.24) is 4.72 Å². The van der Waals surface area contributed by atoms with Crippen molar-refractivity contribution >= 4 is 10.0 Å². The van der Waals surface area contributed by atoms with Crippen molar-refractivity contribution in [2.75, 3.05) is 18.9 Å². The Morgan fingerprint density at radius 1 is 1.18 bits per heavy atom. The van der Waals surface area contributed by atoms with E-state index in [1.807, 2.05) is 12.1 Å². The number of nitrogens with one attached hydrogen (secondary N) is 1. The minimum Gasteiger partial charge on any atom is -0.375 e. The zero-order chi connectivity index (χ0) is 15.2. The van der Waals surface area contributed by atoms with E-state index in [1.54, 1.807) is 0 Å². The lowest BCUT2D eigenvalue weighted by atomic mass is 9.73. The van der Waals surface area contributed by atoms with E-state index < -0.39 is 10.0 Å². The van der Waals surface area contributed by atoms with Crippen LogP contribution >= 0.6 is 0 Å². The molecule has 2 heterocycles. The third-order valence-electron chi connectivity index (χ3n) is 5.44. The maximum absolute atomic E-state index is 12.3. The summed E-state index contributed by atoms with van der Waals surface area (Å²) in [5.41, 5.74) is 2.61. The van der Waals surface area contributed by atoms with Crippen LogP contribution in [0, 0.1) is 11.8 Å². The van der Waals surface area contributed by atoms with Gasteiger partial charge in [0.05, 0.1) is 18.0 Å². The van der Waals surface area contributed by atoms with E-state index in [-0.39, 0.29) is 17.3 Å². The minimum absolute atomic E-state index is 0.00319. The molecule has 0 amide bonds. The molecule has 1 aromatic rings. The molecular formula is C17H23NO3S. The molecule has 0 spiro atoms. The molecule has 5 heteroatoms. The molecule has 3 fully saturated rings. The van der Waals surface area contributed by atoms with Crippen LogP contribution in [0.1, 0.15) is 30.4 Å². The van der Waals surface area contributed by atoms with Gasteiger partial charge in [0, 0.05) is 6.54 Å². The summed E-state index contributed by atoms with van der Waals surface area (Å²) in [4.78, 5) is 0. The molecule has 1 N–H and O–H groups in total.